The van der Waals surface area contributed by atoms with Gasteiger partial charge in [0, 0.05) is 42.0 Å². The first kappa shape index (κ1) is 19.9. The zero-order valence-electron chi connectivity index (χ0n) is 18.2. The Kier molecular flexibility index (Phi) is 4.89. The van der Waals surface area contributed by atoms with E-state index in [2.05, 4.69) is 56.4 Å². The summed E-state index contributed by atoms with van der Waals surface area (Å²) in [5.74, 6) is 2.13. The van der Waals surface area contributed by atoms with Gasteiger partial charge in [-0.2, -0.15) is 5.10 Å². The quantitative estimate of drug-likeness (QED) is 0.596. The number of nitrogens with one attached hydrogen (secondary N) is 2. The third kappa shape index (κ3) is 3.99. The Balaban J connectivity index is 1.30. The molecule has 1 saturated carbocycles. The molecule has 8 heteroatoms. The van der Waals surface area contributed by atoms with E-state index in [9.17, 15) is 5.11 Å². The lowest BCUT2D eigenvalue weighted by Gasteiger charge is -2.29. The highest BCUT2D eigenvalue weighted by Crippen LogP contribution is 2.40. The summed E-state index contributed by atoms with van der Waals surface area (Å²) in [4.78, 5) is 6.84. The molecule has 2 fully saturated rings. The third-order valence-electron chi connectivity index (χ3n) is 6.41. The molecule has 0 amide bonds. The molecule has 3 atom stereocenters. The van der Waals surface area contributed by atoms with Crippen molar-refractivity contribution < 1.29 is 5.11 Å². The fourth-order valence-corrected chi connectivity index (χ4v) is 5.04. The number of nitrogens with zero attached hydrogens (tertiary/aromatic N) is 5. The zero-order valence-corrected chi connectivity index (χ0v) is 18.2. The number of H-pyrrole nitrogens is 1. The van der Waals surface area contributed by atoms with Crippen LogP contribution in [0.1, 0.15) is 33.6 Å². The molecule has 162 valence electrons. The maximum atomic E-state index is 10.5. The summed E-state index contributed by atoms with van der Waals surface area (Å²) in [6.07, 6.45) is 7.70. The molecular weight excluding hydrogens is 390 g/mol. The predicted octanol–water partition coefficient (Wildman–Crippen LogP) is 3.24. The minimum atomic E-state index is 0.127. The molecule has 2 aromatic heterocycles. The average molecular weight is 420 g/mol. The maximum absolute atomic E-state index is 10.5. The molecule has 8 nitrogen and oxygen atoms in total. The molecule has 3 aromatic rings. The van der Waals surface area contributed by atoms with Crippen molar-refractivity contribution in [3.05, 3.63) is 36.8 Å². The summed E-state index contributed by atoms with van der Waals surface area (Å²) in [6.45, 7) is 8.64. The van der Waals surface area contributed by atoms with Crippen molar-refractivity contribution in [3.8, 4) is 28.1 Å². The molecule has 3 N–H and O–H groups in total. The third-order valence-corrected chi connectivity index (χ3v) is 6.41. The summed E-state index contributed by atoms with van der Waals surface area (Å²) < 4.78 is 0. The number of aromatic amines is 1. The number of hydrogen-bond donors (Lipinski definition) is 3. The molecule has 1 aliphatic carbocycles. The number of benzene rings is 1. The first-order valence-corrected chi connectivity index (χ1v) is 10.9. The van der Waals surface area contributed by atoms with Crippen LogP contribution in [0.5, 0.6) is 5.75 Å². The van der Waals surface area contributed by atoms with E-state index in [0.29, 0.717) is 35.1 Å². The molecule has 3 heterocycles. The van der Waals surface area contributed by atoms with Crippen molar-refractivity contribution >= 4 is 5.95 Å². The number of hydrogen-bond acceptors (Lipinski definition) is 7. The Labute approximate surface area is 182 Å². The van der Waals surface area contributed by atoms with Crippen LogP contribution >= 0.6 is 0 Å². The first-order valence-electron chi connectivity index (χ1n) is 10.9. The topological polar surface area (TPSA) is 103 Å². The van der Waals surface area contributed by atoms with Crippen LogP contribution in [0.4, 0.5) is 5.95 Å². The van der Waals surface area contributed by atoms with E-state index in [4.69, 9.17) is 0 Å². The highest BCUT2D eigenvalue weighted by atomic mass is 16.3. The number of rotatable bonds is 4. The Morgan fingerprint density at radius 1 is 1.10 bits per heavy atom. The first-order chi connectivity index (χ1) is 14.9. The maximum Gasteiger partial charge on any atom is 0.245 e. The highest BCUT2D eigenvalue weighted by Gasteiger charge is 2.44. The van der Waals surface area contributed by atoms with Crippen molar-refractivity contribution in [2.45, 2.75) is 45.2 Å². The van der Waals surface area contributed by atoms with Gasteiger partial charge in [-0.05, 0) is 63.1 Å². The van der Waals surface area contributed by atoms with Crippen LogP contribution < -0.4 is 10.2 Å². The monoisotopic (exact) mass is 419 g/mol. The van der Waals surface area contributed by atoms with E-state index in [0.717, 1.165) is 24.2 Å². The van der Waals surface area contributed by atoms with Crippen LogP contribution in [0, 0.1) is 11.8 Å². The van der Waals surface area contributed by atoms with Gasteiger partial charge in [0.1, 0.15) is 11.4 Å². The van der Waals surface area contributed by atoms with Gasteiger partial charge in [-0.1, -0.05) is 6.07 Å². The molecule has 0 bridgehead atoms. The summed E-state index contributed by atoms with van der Waals surface area (Å²) in [7, 11) is 0. The van der Waals surface area contributed by atoms with E-state index in [1.165, 1.54) is 12.8 Å². The van der Waals surface area contributed by atoms with E-state index >= 15 is 0 Å². The summed E-state index contributed by atoms with van der Waals surface area (Å²) in [5, 5.41) is 29.8. The minimum absolute atomic E-state index is 0.127. The van der Waals surface area contributed by atoms with Gasteiger partial charge in [0.05, 0.1) is 12.4 Å². The van der Waals surface area contributed by atoms with Crippen molar-refractivity contribution in [3.63, 3.8) is 0 Å². The Morgan fingerprint density at radius 2 is 1.97 bits per heavy atom. The van der Waals surface area contributed by atoms with Gasteiger partial charge in [0.2, 0.25) is 5.95 Å². The van der Waals surface area contributed by atoms with Crippen LogP contribution in [0.3, 0.4) is 0 Å². The molecule has 0 unspecified atom stereocenters. The van der Waals surface area contributed by atoms with Crippen LogP contribution in [-0.4, -0.2) is 55.2 Å². The van der Waals surface area contributed by atoms with Crippen LogP contribution in [-0.2, 0) is 0 Å². The lowest BCUT2D eigenvalue weighted by atomic mass is 9.95. The normalized spacial score (nSPS) is 23.3. The molecule has 1 saturated heterocycles. The summed E-state index contributed by atoms with van der Waals surface area (Å²) in [5.41, 5.74) is 3.11. The second-order valence-electron chi connectivity index (χ2n) is 9.77. The standard InChI is InChI=1S/C23H29N7O/c1-23(2,3)27-19-7-5-15-12-30(13-18(15)19)22-24-11-20(28-29-22)17-6-4-14(8-21(17)31)16-9-25-26-10-16/h4,6,8-11,15,18-19,27,31H,5,7,12-13H2,1-3H3,(H,25,26)/t15-,18+,19-/m1/s1. The van der Waals surface area contributed by atoms with Crippen LogP contribution in [0.25, 0.3) is 22.4 Å². The zero-order chi connectivity index (χ0) is 21.6. The van der Waals surface area contributed by atoms with E-state index in [1.54, 1.807) is 24.7 Å². The van der Waals surface area contributed by atoms with E-state index < -0.39 is 0 Å². The average Bonchev–Trinajstić information content (AvgIpc) is 3.46. The van der Waals surface area contributed by atoms with Crippen molar-refractivity contribution in [1.29, 1.82) is 0 Å². The fraction of sp³-hybridized carbons (Fsp3) is 0.478. The molecule has 31 heavy (non-hydrogen) atoms. The van der Waals surface area contributed by atoms with E-state index in [1.807, 2.05) is 12.1 Å². The van der Waals surface area contributed by atoms with Gasteiger partial charge in [0.15, 0.2) is 0 Å². The Bertz CT molecular complexity index is 1040. The van der Waals surface area contributed by atoms with Gasteiger partial charge in [-0.3, -0.25) is 5.10 Å². The van der Waals surface area contributed by atoms with Crippen molar-refractivity contribution in [1.82, 2.24) is 30.7 Å². The fourth-order valence-electron chi connectivity index (χ4n) is 5.04. The van der Waals surface area contributed by atoms with Crippen LogP contribution in [0.2, 0.25) is 0 Å². The number of aromatic nitrogens is 5. The summed E-state index contributed by atoms with van der Waals surface area (Å²) >= 11 is 0. The largest absolute Gasteiger partial charge is 0.507 e. The molecule has 0 radical (unpaired) electrons. The van der Waals surface area contributed by atoms with Gasteiger partial charge in [-0.15, -0.1) is 10.2 Å². The second kappa shape index (κ2) is 7.60. The molecule has 5 rings (SSSR count). The number of aromatic hydroxyl groups is 1. The number of anilines is 1. The van der Waals surface area contributed by atoms with Crippen molar-refractivity contribution in [2.24, 2.45) is 11.8 Å². The highest BCUT2D eigenvalue weighted by molar-refractivity contribution is 5.73. The SMILES string of the molecule is CC(C)(C)N[C@@H]1CC[C@@H]2CN(c3ncc(-c4ccc(-c5cn[nH]c5)cc4O)nn3)C[C@@H]21. The molecule has 0 spiro atoms. The lowest BCUT2D eigenvalue weighted by molar-refractivity contribution is 0.305. The van der Waals surface area contributed by atoms with Gasteiger partial charge >= 0.3 is 0 Å². The van der Waals surface area contributed by atoms with Crippen LogP contribution in [0.15, 0.2) is 36.8 Å². The Hall–Kier alpha value is -3.00. The molecule has 1 aliphatic heterocycles. The van der Waals surface area contributed by atoms with E-state index in [-0.39, 0.29) is 11.3 Å². The Morgan fingerprint density at radius 3 is 2.65 bits per heavy atom. The lowest BCUT2D eigenvalue weighted by Crippen LogP contribution is -2.46. The number of fused-ring (bicyclic) bond motifs is 1. The second-order valence-corrected chi connectivity index (χ2v) is 9.77. The van der Waals surface area contributed by atoms with Crippen molar-refractivity contribution in [2.75, 3.05) is 18.0 Å². The minimum Gasteiger partial charge on any atom is -0.507 e. The molecule has 1 aromatic carbocycles. The van der Waals surface area contributed by atoms with Gasteiger partial charge in [-0.25, -0.2) is 4.98 Å². The number of phenols is 1. The smallest absolute Gasteiger partial charge is 0.245 e. The molecule has 2 aliphatic rings. The van der Waals surface area contributed by atoms with Gasteiger partial charge < -0.3 is 15.3 Å². The predicted molar refractivity (Wildman–Crippen MR) is 120 cm³/mol. The van der Waals surface area contributed by atoms with Gasteiger partial charge in [0.25, 0.3) is 0 Å². The molecular formula is C23H29N7O. The summed E-state index contributed by atoms with van der Waals surface area (Å²) in [6, 6.07) is 6.03. The number of phenolic OH excluding ortho intramolecular Hbond substituents is 1.